The molecule has 2 heterocycles. The maximum absolute atomic E-state index is 4.61. The van der Waals surface area contributed by atoms with Gasteiger partial charge in [-0.3, -0.25) is 0 Å². The predicted molar refractivity (Wildman–Crippen MR) is 80.9 cm³/mol. The van der Waals surface area contributed by atoms with Crippen LogP contribution in [0.5, 0.6) is 0 Å². The van der Waals surface area contributed by atoms with E-state index in [1.807, 2.05) is 18.1 Å². The number of thioether (sulfide) groups is 1. The SMILES string of the molecule is C1=NC(NC2CCCCC2)=C2C3=C(CCC3)SC2N1. The van der Waals surface area contributed by atoms with Crippen molar-refractivity contribution in [2.24, 2.45) is 4.99 Å². The monoisotopic (exact) mass is 275 g/mol. The van der Waals surface area contributed by atoms with Crippen molar-refractivity contribution in [3.63, 3.8) is 0 Å². The predicted octanol–water partition coefficient (Wildman–Crippen LogP) is 3.26. The topological polar surface area (TPSA) is 36.4 Å². The first-order valence-electron chi connectivity index (χ1n) is 7.60. The highest BCUT2D eigenvalue weighted by atomic mass is 32.2. The molecule has 0 spiro atoms. The fourth-order valence-electron chi connectivity index (χ4n) is 3.67. The number of allylic oxidation sites excluding steroid dienone is 1. The van der Waals surface area contributed by atoms with Gasteiger partial charge >= 0.3 is 0 Å². The van der Waals surface area contributed by atoms with Crippen LogP contribution >= 0.6 is 11.8 Å². The lowest BCUT2D eigenvalue weighted by Gasteiger charge is -2.28. The molecule has 4 aliphatic rings. The lowest BCUT2D eigenvalue weighted by atomic mass is 9.95. The van der Waals surface area contributed by atoms with Gasteiger partial charge < -0.3 is 10.6 Å². The minimum Gasteiger partial charge on any atom is -0.367 e. The van der Waals surface area contributed by atoms with Gasteiger partial charge in [0.05, 0.1) is 6.34 Å². The van der Waals surface area contributed by atoms with Crippen molar-refractivity contribution < 1.29 is 0 Å². The van der Waals surface area contributed by atoms with Gasteiger partial charge in [-0.05, 0) is 42.6 Å². The molecule has 0 aromatic rings. The second-order valence-electron chi connectivity index (χ2n) is 5.92. The van der Waals surface area contributed by atoms with Crippen molar-refractivity contribution in [1.82, 2.24) is 10.6 Å². The summed E-state index contributed by atoms with van der Waals surface area (Å²) in [5.41, 5.74) is 3.06. The van der Waals surface area contributed by atoms with Crippen LogP contribution in [0.15, 0.2) is 26.9 Å². The molecule has 4 heteroatoms. The highest BCUT2D eigenvalue weighted by molar-refractivity contribution is 8.04. The summed E-state index contributed by atoms with van der Waals surface area (Å²) in [7, 11) is 0. The number of aliphatic imine (C=N–C) groups is 1. The van der Waals surface area contributed by atoms with Crippen LogP contribution < -0.4 is 10.6 Å². The van der Waals surface area contributed by atoms with E-state index in [1.165, 1.54) is 56.9 Å². The first-order valence-corrected chi connectivity index (χ1v) is 8.48. The van der Waals surface area contributed by atoms with E-state index in [4.69, 9.17) is 0 Å². The second kappa shape index (κ2) is 4.89. The largest absolute Gasteiger partial charge is 0.367 e. The van der Waals surface area contributed by atoms with Gasteiger partial charge in [-0.15, -0.1) is 11.8 Å². The maximum atomic E-state index is 4.61. The first-order chi connectivity index (χ1) is 9.42. The van der Waals surface area contributed by atoms with Gasteiger partial charge in [0.1, 0.15) is 11.2 Å². The molecule has 2 aliphatic heterocycles. The van der Waals surface area contributed by atoms with Crippen molar-refractivity contribution >= 4 is 18.1 Å². The molecule has 3 nitrogen and oxygen atoms in total. The number of hydrogen-bond donors (Lipinski definition) is 2. The van der Waals surface area contributed by atoms with E-state index in [-0.39, 0.29) is 0 Å². The van der Waals surface area contributed by atoms with Crippen LogP contribution in [-0.4, -0.2) is 17.8 Å². The Bertz CT molecular complexity index is 472. The van der Waals surface area contributed by atoms with E-state index in [0.717, 1.165) is 5.82 Å². The lowest BCUT2D eigenvalue weighted by Crippen LogP contribution is -2.36. The maximum Gasteiger partial charge on any atom is 0.134 e. The normalized spacial score (nSPS) is 30.4. The molecular formula is C15H21N3S. The number of rotatable bonds is 2. The molecule has 1 fully saturated rings. The van der Waals surface area contributed by atoms with Crippen molar-refractivity contribution in [2.75, 3.05) is 0 Å². The molecule has 0 bridgehead atoms. The summed E-state index contributed by atoms with van der Waals surface area (Å²) in [5.74, 6) is 1.16. The Morgan fingerprint density at radius 3 is 2.95 bits per heavy atom. The van der Waals surface area contributed by atoms with Gasteiger partial charge in [-0.25, -0.2) is 4.99 Å². The Morgan fingerprint density at radius 1 is 1.16 bits per heavy atom. The zero-order valence-corrected chi connectivity index (χ0v) is 12.1. The Morgan fingerprint density at radius 2 is 2.05 bits per heavy atom. The van der Waals surface area contributed by atoms with Crippen LogP contribution in [0.4, 0.5) is 0 Å². The molecule has 0 amide bonds. The molecule has 0 radical (unpaired) electrons. The third-order valence-electron chi connectivity index (χ3n) is 4.64. The molecule has 1 saturated carbocycles. The lowest BCUT2D eigenvalue weighted by molar-refractivity contribution is 0.394. The Hall–Kier alpha value is -0.900. The molecular weight excluding hydrogens is 254 g/mol. The zero-order valence-electron chi connectivity index (χ0n) is 11.2. The summed E-state index contributed by atoms with van der Waals surface area (Å²) in [6.07, 6.45) is 12.5. The summed E-state index contributed by atoms with van der Waals surface area (Å²) in [6.45, 7) is 0. The average Bonchev–Trinajstić information content (AvgIpc) is 3.00. The van der Waals surface area contributed by atoms with Crippen LogP contribution in [0.25, 0.3) is 0 Å². The molecule has 102 valence electrons. The van der Waals surface area contributed by atoms with E-state index in [2.05, 4.69) is 15.6 Å². The smallest absolute Gasteiger partial charge is 0.134 e. The third-order valence-corrected chi connectivity index (χ3v) is 5.98. The summed E-state index contributed by atoms with van der Waals surface area (Å²) in [5, 5.41) is 7.57. The van der Waals surface area contributed by atoms with Gasteiger partial charge in [-0.2, -0.15) is 0 Å². The fraction of sp³-hybridized carbons (Fsp3) is 0.667. The van der Waals surface area contributed by atoms with Gasteiger partial charge in [-0.1, -0.05) is 19.3 Å². The van der Waals surface area contributed by atoms with Crippen LogP contribution in [0.2, 0.25) is 0 Å². The number of nitrogens with zero attached hydrogens (tertiary/aromatic N) is 1. The Kier molecular flexibility index (Phi) is 3.06. The standard InChI is InChI=1S/C15H21N3S/c1-2-5-10(6-3-1)18-14-13-11-7-4-8-12(11)19-15(13)17-9-16-14/h9-10,15,18H,1-8H2,(H,16,17). The molecule has 2 aliphatic carbocycles. The van der Waals surface area contributed by atoms with Gasteiger partial charge in [0.25, 0.3) is 0 Å². The number of nitrogens with one attached hydrogen (secondary N) is 2. The van der Waals surface area contributed by atoms with Crippen LogP contribution in [0.1, 0.15) is 51.4 Å². The van der Waals surface area contributed by atoms with Crippen molar-refractivity contribution in [2.45, 2.75) is 62.8 Å². The van der Waals surface area contributed by atoms with E-state index in [0.29, 0.717) is 11.4 Å². The first kappa shape index (κ1) is 11.9. The van der Waals surface area contributed by atoms with Crippen molar-refractivity contribution in [3.8, 4) is 0 Å². The molecule has 1 atom stereocenters. The number of fused-ring (bicyclic) bond motifs is 2. The molecule has 0 saturated heterocycles. The van der Waals surface area contributed by atoms with Gasteiger partial charge in [0.15, 0.2) is 0 Å². The van der Waals surface area contributed by atoms with Crippen molar-refractivity contribution in [1.29, 1.82) is 0 Å². The minimum atomic E-state index is 0.425. The van der Waals surface area contributed by atoms with E-state index >= 15 is 0 Å². The van der Waals surface area contributed by atoms with Crippen LogP contribution in [-0.2, 0) is 0 Å². The Balaban J connectivity index is 1.61. The summed E-state index contributed by atoms with van der Waals surface area (Å²) in [4.78, 5) is 6.22. The Labute approximate surface area is 119 Å². The summed E-state index contributed by atoms with van der Waals surface area (Å²) >= 11 is 2.01. The summed E-state index contributed by atoms with van der Waals surface area (Å²) in [6, 6.07) is 0.642. The molecule has 4 rings (SSSR count). The quantitative estimate of drug-likeness (QED) is 0.812. The van der Waals surface area contributed by atoms with E-state index in [1.54, 1.807) is 10.5 Å². The molecule has 0 aromatic heterocycles. The highest BCUT2D eigenvalue weighted by Crippen LogP contribution is 2.50. The average molecular weight is 275 g/mol. The molecule has 0 aromatic carbocycles. The molecule has 1 unspecified atom stereocenters. The zero-order chi connectivity index (χ0) is 12.7. The van der Waals surface area contributed by atoms with Gasteiger partial charge in [0, 0.05) is 11.6 Å². The molecule has 2 N–H and O–H groups in total. The van der Waals surface area contributed by atoms with E-state index < -0.39 is 0 Å². The van der Waals surface area contributed by atoms with Gasteiger partial charge in [0.2, 0.25) is 0 Å². The van der Waals surface area contributed by atoms with Crippen molar-refractivity contribution in [3.05, 3.63) is 21.9 Å². The van der Waals surface area contributed by atoms with Crippen LogP contribution in [0, 0.1) is 0 Å². The fourth-order valence-corrected chi connectivity index (χ4v) is 5.07. The highest BCUT2D eigenvalue weighted by Gasteiger charge is 2.36. The second-order valence-corrected chi connectivity index (χ2v) is 7.12. The third kappa shape index (κ3) is 2.10. The molecule has 19 heavy (non-hydrogen) atoms. The number of hydrogen-bond acceptors (Lipinski definition) is 4. The minimum absolute atomic E-state index is 0.425. The van der Waals surface area contributed by atoms with Crippen LogP contribution in [0.3, 0.4) is 0 Å². The summed E-state index contributed by atoms with van der Waals surface area (Å²) < 4.78 is 0. The van der Waals surface area contributed by atoms with E-state index in [9.17, 15) is 0 Å².